The first-order chi connectivity index (χ1) is 18.6. The Labute approximate surface area is 232 Å². The molecule has 1 saturated heterocycles. The van der Waals surface area contributed by atoms with Crippen LogP contribution in [0.5, 0.6) is 28.7 Å². The van der Waals surface area contributed by atoms with Crippen molar-refractivity contribution in [1.29, 1.82) is 0 Å². The molecule has 39 heavy (non-hydrogen) atoms. The lowest BCUT2D eigenvalue weighted by Gasteiger charge is -2.27. The van der Waals surface area contributed by atoms with Gasteiger partial charge in [-0.15, -0.1) is 0 Å². The maximum absolute atomic E-state index is 13.5. The number of amides is 1. The van der Waals surface area contributed by atoms with Gasteiger partial charge in [-0.2, -0.15) is 0 Å². The van der Waals surface area contributed by atoms with Gasteiger partial charge in [0.25, 0.3) is 11.7 Å². The van der Waals surface area contributed by atoms with Gasteiger partial charge in [0.2, 0.25) is 5.75 Å². The summed E-state index contributed by atoms with van der Waals surface area (Å²) in [7, 11) is 7.25. The van der Waals surface area contributed by atoms with E-state index >= 15 is 0 Å². The Morgan fingerprint density at radius 1 is 0.897 bits per heavy atom. The first-order valence-corrected chi connectivity index (χ1v) is 12.6. The predicted molar refractivity (Wildman–Crippen MR) is 145 cm³/mol. The fourth-order valence-corrected chi connectivity index (χ4v) is 4.70. The summed E-state index contributed by atoms with van der Waals surface area (Å²) in [5.41, 5.74) is 0.453. The van der Waals surface area contributed by atoms with E-state index in [4.69, 9.17) is 40.0 Å². The lowest BCUT2D eigenvalue weighted by Crippen LogP contribution is -2.31. The Balaban J connectivity index is 2.26. The second-order valence-electron chi connectivity index (χ2n) is 8.91. The highest BCUT2D eigenvalue weighted by Crippen LogP contribution is 2.47. The Morgan fingerprint density at radius 3 is 2.00 bits per heavy atom. The van der Waals surface area contributed by atoms with Gasteiger partial charge in [0, 0.05) is 19.2 Å². The number of aliphatic hydroxyl groups is 1. The Hall–Kier alpha value is -3.63. The molecule has 1 aliphatic rings. The predicted octanol–water partition coefficient (Wildman–Crippen LogP) is 4.62. The van der Waals surface area contributed by atoms with Gasteiger partial charge in [0.1, 0.15) is 17.3 Å². The maximum atomic E-state index is 13.5. The van der Waals surface area contributed by atoms with Crippen molar-refractivity contribution in [2.24, 2.45) is 0 Å². The number of ether oxygens (including phenoxy) is 6. The fourth-order valence-electron chi connectivity index (χ4n) is 4.46. The lowest BCUT2D eigenvalue weighted by atomic mass is 9.94. The average Bonchev–Trinajstić information content (AvgIpc) is 3.18. The molecule has 11 heteroatoms. The summed E-state index contributed by atoms with van der Waals surface area (Å²) in [4.78, 5) is 28.2. The monoisotopic (exact) mass is 563 g/mol. The third kappa shape index (κ3) is 6.02. The summed E-state index contributed by atoms with van der Waals surface area (Å²) in [6, 6.07) is 5.21. The smallest absolute Gasteiger partial charge is 0.295 e. The minimum atomic E-state index is -0.983. The van der Waals surface area contributed by atoms with Crippen LogP contribution in [0.1, 0.15) is 37.4 Å². The molecule has 0 aliphatic carbocycles. The molecule has 0 saturated carbocycles. The maximum Gasteiger partial charge on any atom is 0.295 e. The van der Waals surface area contributed by atoms with Gasteiger partial charge < -0.3 is 38.4 Å². The van der Waals surface area contributed by atoms with Crippen molar-refractivity contribution in [3.63, 3.8) is 0 Å². The number of carbonyl (C=O) groups is 2. The van der Waals surface area contributed by atoms with E-state index in [9.17, 15) is 14.7 Å². The number of hydrogen-bond acceptors (Lipinski definition) is 9. The number of ketones is 1. The molecule has 1 unspecified atom stereocenters. The van der Waals surface area contributed by atoms with E-state index < -0.39 is 23.5 Å². The van der Waals surface area contributed by atoms with Crippen LogP contribution in [0.3, 0.4) is 0 Å². The van der Waals surface area contributed by atoms with Gasteiger partial charge in [0.15, 0.2) is 11.5 Å². The number of nitrogens with zero attached hydrogens (tertiary/aromatic N) is 1. The standard InChI is InChI=1S/C28H34ClNO9/c1-15(2)39-10-8-9-30-24(16-11-21(36-5)27(38-7)22(12-16)37-6)23(26(32)28(30)33)25(31)17-13-18(29)20(35-4)14-19(17)34-3/h11-15,24,31H,8-10H2,1-7H3/b25-23+. The van der Waals surface area contributed by atoms with Crippen molar-refractivity contribution in [3.05, 3.63) is 46.0 Å². The van der Waals surface area contributed by atoms with Crippen LogP contribution >= 0.6 is 11.6 Å². The highest BCUT2D eigenvalue weighted by Gasteiger charge is 2.46. The van der Waals surface area contributed by atoms with Crippen LogP contribution in [0.2, 0.25) is 5.02 Å². The van der Waals surface area contributed by atoms with Crippen molar-refractivity contribution in [3.8, 4) is 28.7 Å². The van der Waals surface area contributed by atoms with Crippen molar-refractivity contribution in [2.45, 2.75) is 32.4 Å². The van der Waals surface area contributed by atoms with E-state index in [1.165, 1.54) is 52.6 Å². The molecule has 212 valence electrons. The normalized spacial score (nSPS) is 16.5. The molecular formula is C28H34ClNO9. The molecule has 2 aromatic rings. The molecule has 3 rings (SSSR count). The van der Waals surface area contributed by atoms with Crippen LogP contribution in [0.4, 0.5) is 0 Å². The average molecular weight is 564 g/mol. The van der Waals surface area contributed by atoms with E-state index in [1.54, 1.807) is 12.1 Å². The zero-order valence-electron chi connectivity index (χ0n) is 23.1. The van der Waals surface area contributed by atoms with Crippen LogP contribution in [-0.4, -0.2) is 76.5 Å². The van der Waals surface area contributed by atoms with E-state index in [0.29, 0.717) is 41.6 Å². The fraction of sp³-hybridized carbons (Fsp3) is 0.429. The van der Waals surface area contributed by atoms with Gasteiger partial charge in [0.05, 0.1) is 63.9 Å². The highest BCUT2D eigenvalue weighted by atomic mass is 35.5. The molecule has 1 fully saturated rings. The number of halogens is 1. The molecule has 0 radical (unpaired) electrons. The van der Waals surface area contributed by atoms with E-state index in [0.717, 1.165) is 0 Å². The van der Waals surface area contributed by atoms with Crippen molar-refractivity contribution in [2.75, 3.05) is 48.7 Å². The molecule has 1 amide bonds. The summed E-state index contributed by atoms with van der Waals surface area (Å²) in [6.07, 6.45) is 0.475. The summed E-state index contributed by atoms with van der Waals surface area (Å²) in [5, 5.41) is 11.7. The lowest BCUT2D eigenvalue weighted by molar-refractivity contribution is -0.140. The third-order valence-corrected chi connectivity index (χ3v) is 6.56. The largest absolute Gasteiger partial charge is 0.507 e. The zero-order chi connectivity index (χ0) is 28.9. The molecule has 1 N–H and O–H groups in total. The van der Waals surface area contributed by atoms with Crippen molar-refractivity contribution >= 4 is 29.1 Å². The van der Waals surface area contributed by atoms with E-state index in [2.05, 4.69) is 0 Å². The van der Waals surface area contributed by atoms with Gasteiger partial charge in [-0.05, 0) is 44.0 Å². The number of likely N-dealkylation sites (tertiary alicyclic amines) is 1. The van der Waals surface area contributed by atoms with Gasteiger partial charge in [-0.1, -0.05) is 11.6 Å². The molecule has 0 aromatic heterocycles. The first-order valence-electron chi connectivity index (χ1n) is 12.2. The zero-order valence-corrected chi connectivity index (χ0v) is 23.9. The van der Waals surface area contributed by atoms with Crippen LogP contribution in [0.15, 0.2) is 29.8 Å². The van der Waals surface area contributed by atoms with Crippen molar-refractivity contribution < 1.29 is 43.1 Å². The SMILES string of the molecule is COc1cc(OC)c(/C(O)=C2\C(=O)C(=O)N(CCCOC(C)C)C2c2cc(OC)c(OC)c(OC)c2)cc1Cl. The van der Waals surface area contributed by atoms with Crippen LogP contribution < -0.4 is 23.7 Å². The van der Waals surface area contributed by atoms with Crippen LogP contribution in [0.25, 0.3) is 5.76 Å². The second-order valence-corrected chi connectivity index (χ2v) is 9.32. The van der Waals surface area contributed by atoms with Crippen LogP contribution in [-0.2, 0) is 14.3 Å². The highest BCUT2D eigenvalue weighted by molar-refractivity contribution is 6.46. The summed E-state index contributed by atoms with van der Waals surface area (Å²) in [5.74, 6) is -0.561. The quantitative estimate of drug-likeness (QED) is 0.171. The number of carbonyl (C=O) groups excluding carboxylic acids is 2. The molecule has 0 bridgehead atoms. The Bertz CT molecular complexity index is 1230. The minimum Gasteiger partial charge on any atom is -0.507 e. The molecule has 1 aliphatic heterocycles. The number of methoxy groups -OCH3 is 5. The molecule has 10 nitrogen and oxygen atoms in total. The summed E-state index contributed by atoms with van der Waals surface area (Å²) >= 11 is 6.34. The van der Waals surface area contributed by atoms with E-state index in [1.807, 2.05) is 13.8 Å². The third-order valence-electron chi connectivity index (χ3n) is 6.27. The molecule has 2 aromatic carbocycles. The second kappa shape index (κ2) is 12.9. The summed E-state index contributed by atoms with van der Waals surface area (Å²) < 4.78 is 32.8. The Morgan fingerprint density at radius 2 is 1.49 bits per heavy atom. The van der Waals surface area contributed by atoms with Gasteiger partial charge >= 0.3 is 0 Å². The number of rotatable bonds is 12. The minimum absolute atomic E-state index is 0.0126. The van der Waals surface area contributed by atoms with Gasteiger partial charge in [-0.3, -0.25) is 9.59 Å². The van der Waals surface area contributed by atoms with Gasteiger partial charge in [-0.25, -0.2) is 0 Å². The number of hydrogen-bond donors (Lipinski definition) is 1. The van der Waals surface area contributed by atoms with Crippen molar-refractivity contribution in [1.82, 2.24) is 4.90 Å². The van der Waals surface area contributed by atoms with Crippen LogP contribution in [0, 0.1) is 0 Å². The molecule has 1 atom stereocenters. The van der Waals surface area contributed by atoms with E-state index in [-0.39, 0.29) is 34.6 Å². The number of Topliss-reactive ketones (excluding diaryl/α,β-unsaturated/α-hetero) is 1. The summed E-state index contributed by atoms with van der Waals surface area (Å²) in [6.45, 7) is 4.39. The Kier molecular flexibility index (Phi) is 9.93. The molecular weight excluding hydrogens is 530 g/mol. The topological polar surface area (TPSA) is 113 Å². The molecule has 0 spiro atoms. The number of aliphatic hydroxyl groups excluding tert-OH is 1. The molecule has 1 heterocycles. The number of benzene rings is 2. The first kappa shape index (κ1) is 29.9.